The highest BCUT2D eigenvalue weighted by molar-refractivity contribution is 6.35. The highest BCUT2D eigenvalue weighted by atomic mass is 35.5. The van der Waals surface area contributed by atoms with E-state index in [1.807, 2.05) is 0 Å². The molecule has 1 amide bonds. The van der Waals surface area contributed by atoms with Crippen molar-refractivity contribution in [3.05, 3.63) is 28.2 Å². The number of aliphatic hydroxyl groups is 1. The summed E-state index contributed by atoms with van der Waals surface area (Å²) >= 11 is 11.6. The number of aliphatic hydroxyl groups excluding tert-OH is 1. The molecule has 1 aromatic rings. The zero-order valence-corrected chi connectivity index (χ0v) is 9.98. The zero-order valence-electron chi connectivity index (χ0n) is 8.46. The Morgan fingerprint density at radius 1 is 1.38 bits per heavy atom. The summed E-state index contributed by atoms with van der Waals surface area (Å²) in [6.45, 7) is 0.477. The molecule has 0 aliphatic rings. The van der Waals surface area contributed by atoms with E-state index in [4.69, 9.17) is 28.3 Å². The Bertz CT molecular complexity index is 372. The number of carbonyl (C=O) groups is 1. The number of amides is 1. The third-order valence-corrected chi connectivity index (χ3v) is 2.34. The first-order valence-corrected chi connectivity index (χ1v) is 5.45. The van der Waals surface area contributed by atoms with Gasteiger partial charge in [0.1, 0.15) is 0 Å². The van der Waals surface area contributed by atoms with Crippen molar-refractivity contribution in [2.24, 2.45) is 0 Å². The van der Waals surface area contributed by atoms with Crippen LogP contribution in [0.4, 0.5) is 5.69 Å². The number of nitrogens with one attached hydrogen (secondary N) is 2. The second-order valence-electron chi connectivity index (χ2n) is 3.07. The highest BCUT2D eigenvalue weighted by Crippen LogP contribution is 2.25. The van der Waals surface area contributed by atoms with Crippen molar-refractivity contribution >= 4 is 34.8 Å². The van der Waals surface area contributed by atoms with E-state index in [9.17, 15) is 4.79 Å². The second kappa shape index (κ2) is 6.70. The van der Waals surface area contributed by atoms with Gasteiger partial charge in [0.05, 0.1) is 23.9 Å². The molecule has 16 heavy (non-hydrogen) atoms. The van der Waals surface area contributed by atoms with Crippen LogP contribution in [0, 0.1) is 0 Å². The number of anilines is 1. The SMILES string of the molecule is O=C(CNCCO)Nc1cc(Cl)ccc1Cl. The average Bonchev–Trinajstić information content (AvgIpc) is 2.24. The fraction of sp³-hybridized carbons (Fsp3) is 0.300. The molecule has 88 valence electrons. The lowest BCUT2D eigenvalue weighted by Gasteiger charge is -2.07. The lowest BCUT2D eigenvalue weighted by molar-refractivity contribution is -0.115. The lowest BCUT2D eigenvalue weighted by Crippen LogP contribution is -2.30. The van der Waals surface area contributed by atoms with Crippen LogP contribution in [0.2, 0.25) is 10.0 Å². The van der Waals surface area contributed by atoms with Crippen LogP contribution in [0.3, 0.4) is 0 Å². The van der Waals surface area contributed by atoms with Gasteiger partial charge in [-0.15, -0.1) is 0 Å². The fourth-order valence-electron chi connectivity index (χ4n) is 1.07. The van der Waals surface area contributed by atoms with Crippen molar-refractivity contribution in [1.82, 2.24) is 5.32 Å². The summed E-state index contributed by atoms with van der Waals surface area (Å²) < 4.78 is 0. The molecule has 0 aliphatic carbocycles. The van der Waals surface area contributed by atoms with E-state index < -0.39 is 0 Å². The van der Waals surface area contributed by atoms with Crippen molar-refractivity contribution in [2.45, 2.75) is 0 Å². The summed E-state index contributed by atoms with van der Waals surface area (Å²) in [6, 6.07) is 4.83. The first-order chi connectivity index (χ1) is 7.63. The van der Waals surface area contributed by atoms with Gasteiger partial charge < -0.3 is 15.7 Å². The van der Waals surface area contributed by atoms with Crippen LogP contribution in [-0.4, -0.2) is 30.7 Å². The lowest BCUT2D eigenvalue weighted by atomic mass is 10.3. The van der Waals surface area contributed by atoms with E-state index in [1.165, 1.54) is 0 Å². The first kappa shape index (κ1) is 13.3. The topological polar surface area (TPSA) is 61.4 Å². The predicted octanol–water partition coefficient (Wildman–Crippen LogP) is 1.51. The number of carbonyl (C=O) groups excluding carboxylic acids is 1. The summed E-state index contributed by atoms with van der Waals surface area (Å²) in [5, 5.41) is 14.8. The Hall–Kier alpha value is -0.810. The third-order valence-electron chi connectivity index (χ3n) is 1.78. The van der Waals surface area contributed by atoms with Crippen LogP contribution in [0.15, 0.2) is 18.2 Å². The van der Waals surface area contributed by atoms with Crippen LogP contribution in [0.25, 0.3) is 0 Å². The van der Waals surface area contributed by atoms with Gasteiger partial charge in [-0.05, 0) is 18.2 Å². The maximum absolute atomic E-state index is 11.4. The van der Waals surface area contributed by atoms with Crippen molar-refractivity contribution in [3.8, 4) is 0 Å². The van der Waals surface area contributed by atoms with Crippen LogP contribution < -0.4 is 10.6 Å². The van der Waals surface area contributed by atoms with Gasteiger partial charge >= 0.3 is 0 Å². The minimum absolute atomic E-state index is 0.00873. The van der Waals surface area contributed by atoms with Gasteiger partial charge in [0.2, 0.25) is 5.91 Å². The number of halogens is 2. The van der Waals surface area contributed by atoms with Gasteiger partial charge in [-0.2, -0.15) is 0 Å². The maximum atomic E-state index is 11.4. The molecule has 0 saturated carbocycles. The molecule has 6 heteroatoms. The smallest absolute Gasteiger partial charge is 0.238 e. The Balaban J connectivity index is 2.52. The molecule has 1 rings (SSSR count). The standard InChI is InChI=1S/C10H12Cl2N2O2/c11-7-1-2-8(12)9(5-7)14-10(16)6-13-3-4-15/h1-2,5,13,15H,3-4,6H2,(H,14,16). The monoisotopic (exact) mass is 262 g/mol. The average molecular weight is 263 g/mol. The highest BCUT2D eigenvalue weighted by Gasteiger charge is 2.05. The van der Waals surface area contributed by atoms with E-state index in [-0.39, 0.29) is 19.1 Å². The van der Waals surface area contributed by atoms with Crippen molar-refractivity contribution in [2.75, 3.05) is 25.0 Å². The van der Waals surface area contributed by atoms with Gasteiger partial charge in [0, 0.05) is 11.6 Å². The van der Waals surface area contributed by atoms with E-state index in [1.54, 1.807) is 18.2 Å². The molecule has 0 aromatic heterocycles. The molecule has 0 spiro atoms. The Morgan fingerprint density at radius 3 is 2.81 bits per heavy atom. The molecule has 0 fully saturated rings. The van der Waals surface area contributed by atoms with E-state index in [0.717, 1.165) is 0 Å². The van der Waals surface area contributed by atoms with Gasteiger partial charge in [-0.3, -0.25) is 4.79 Å². The van der Waals surface area contributed by atoms with Gasteiger partial charge in [-0.25, -0.2) is 0 Å². The molecule has 1 aromatic carbocycles. The number of hydrogen-bond acceptors (Lipinski definition) is 3. The first-order valence-electron chi connectivity index (χ1n) is 4.70. The molecule has 0 unspecified atom stereocenters. The molecule has 4 nitrogen and oxygen atoms in total. The van der Waals surface area contributed by atoms with E-state index in [0.29, 0.717) is 22.3 Å². The second-order valence-corrected chi connectivity index (χ2v) is 3.92. The summed E-state index contributed by atoms with van der Waals surface area (Å²) in [7, 11) is 0. The Labute approximate surface area is 104 Å². The van der Waals surface area contributed by atoms with Gasteiger partial charge in [0.25, 0.3) is 0 Å². The van der Waals surface area contributed by atoms with Crippen LogP contribution in [-0.2, 0) is 4.79 Å². The number of hydrogen-bond donors (Lipinski definition) is 3. The summed E-state index contributed by atoms with van der Waals surface area (Å²) in [6.07, 6.45) is 0. The minimum atomic E-state index is -0.238. The normalized spacial score (nSPS) is 10.2. The molecule has 0 aliphatic heterocycles. The van der Waals surface area contributed by atoms with Crippen LogP contribution in [0.1, 0.15) is 0 Å². The quantitative estimate of drug-likeness (QED) is 0.706. The van der Waals surface area contributed by atoms with E-state index >= 15 is 0 Å². The molecular formula is C10H12Cl2N2O2. The van der Waals surface area contributed by atoms with Crippen LogP contribution >= 0.6 is 23.2 Å². The molecule has 0 atom stereocenters. The maximum Gasteiger partial charge on any atom is 0.238 e. The number of rotatable bonds is 5. The van der Waals surface area contributed by atoms with Gasteiger partial charge in [0.15, 0.2) is 0 Å². The Morgan fingerprint density at radius 2 is 2.12 bits per heavy atom. The van der Waals surface area contributed by atoms with Crippen molar-refractivity contribution < 1.29 is 9.90 Å². The molecular weight excluding hydrogens is 251 g/mol. The predicted molar refractivity (Wildman–Crippen MR) is 65.0 cm³/mol. The fourth-order valence-corrected chi connectivity index (χ4v) is 1.41. The summed E-state index contributed by atoms with van der Waals surface area (Å²) in [5.74, 6) is -0.238. The molecule has 3 N–H and O–H groups in total. The molecule has 0 bridgehead atoms. The van der Waals surface area contributed by atoms with Crippen molar-refractivity contribution in [1.29, 1.82) is 0 Å². The number of benzene rings is 1. The molecule has 0 radical (unpaired) electrons. The largest absolute Gasteiger partial charge is 0.395 e. The molecule has 0 heterocycles. The minimum Gasteiger partial charge on any atom is -0.395 e. The van der Waals surface area contributed by atoms with Crippen LogP contribution in [0.5, 0.6) is 0 Å². The van der Waals surface area contributed by atoms with Gasteiger partial charge in [-0.1, -0.05) is 23.2 Å². The zero-order chi connectivity index (χ0) is 12.0. The molecule has 0 saturated heterocycles. The summed E-state index contributed by atoms with van der Waals surface area (Å²) in [5.41, 5.74) is 0.477. The van der Waals surface area contributed by atoms with E-state index in [2.05, 4.69) is 10.6 Å². The summed E-state index contributed by atoms with van der Waals surface area (Å²) in [4.78, 5) is 11.4. The Kier molecular flexibility index (Phi) is 5.55. The van der Waals surface area contributed by atoms with Crippen molar-refractivity contribution in [3.63, 3.8) is 0 Å². The third kappa shape index (κ3) is 4.37.